The monoisotopic (exact) mass is 276 g/mol. The van der Waals surface area contributed by atoms with E-state index in [2.05, 4.69) is 41.0 Å². The smallest absolute Gasteiger partial charge is 0.137 e. The van der Waals surface area contributed by atoms with Gasteiger partial charge in [-0.05, 0) is 32.1 Å². The van der Waals surface area contributed by atoms with Crippen LogP contribution in [0.5, 0.6) is 0 Å². The molecule has 0 aliphatic carbocycles. The van der Waals surface area contributed by atoms with Crippen LogP contribution in [0.25, 0.3) is 0 Å². The molecular formula is C16H28N4. The predicted octanol–water partition coefficient (Wildman–Crippen LogP) is 3.62. The SMILES string of the molecule is CCCNc1ncnc(N2CCC(CCC)CC2)c1C. The molecular weight excluding hydrogens is 248 g/mol. The summed E-state index contributed by atoms with van der Waals surface area (Å²) in [6, 6.07) is 0. The second-order valence-corrected chi connectivity index (χ2v) is 5.82. The second-order valence-electron chi connectivity index (χ2n) is 5.82. The summed E-state index contributed by atoms with van der Waals surface area (Å²) in [6.07, 6.45) is 8.09. The quantitative estimate of drug-likeness (QED) is 0.861. The molecule has 2 rings (SSSR count). The van der Waals surface area contributed by atoms with Gasteiger partial charge in [0.2, 0.25) is 0 Å². The molecule has 1 aromatic rings. The summed E-state index contributed by atoms with van der Waals surface area (Å²) in [7, 11) is 0. The molecule has 0 saturated carbocycles. The van der Waals surface area contributed by atoms with E-state index < -0.39 is 0 Å². The summed E-state index contributed by atoms with van der Waals surface area (Å²) in [5.74, 6) is 3.03. The minimum atomic E-state index is 0.913. The van der Waals surface area contributed by atoms with E-state index in [1.807, 2.05) is 0 Å². The van der Waals surface area contributed by atoms with Crippen molar-refractivity contribution in [1.82, 2.24) is 9.97 Å². The maximum absolute atomic E-state index is 4.52. The minimum absolute atomic E-state index is 0.913. The first-order valence-electron chi connectivity index (χ1n) is 8.06. The Morgan fingerprint density at radius 2 is 1.95 bits per heavy atom. The Kier molecular flexibility index (Phi) is 5.62. The predicted molar refractivity (Wildman–Crippen MR) is 85.4 cm³/mol. The lowest BCUT2D eigenvalue weighted by Crippen LogP contribution is -2.34. The lowest BCUT2D eigenvalue weighted by Gasteiger charge is -2.33. The Bertz CT molecular complexity index is 411. The molecule has 0 radical (unpaired) electrons. The van der Waals surface area contributed by atoms with Gasteiger partial charge < -0.3 is 10.2 Å². The zero-order valence-corrected chi connectivity index (χ0v) is 13.2. The van der Waals surface area contributed by atoms with Gasteiger partial charge in [0.15, 0.2) is 0 Å². The largest absolute Gasteiger partial charge is 0.370 e. The number of aromatic nitrogens is 2. The first-order valence-corrected chi connectivity index (χ1v) is 8.06. The normalized spacial score (nSPS) is 16.4. The van der Waals surface area contributed by atoms with Crippen LogP contribution >= 0.6 is 0 Å². The summed E-state index contributed by atoms with van der Waals surface area (Å²) in [5, 5.41) is 3.39. The number of anilines is 2. The van der Waals surface area contributed by atoms with Crippen LogP contribution in [0.4, 0.5) is 11.6 Å². The number of nitrogens with zero attached hydrogens (tertiary/aromatic N) is 3. The molecule has 2 heterocycles. The fourth-order valence-corrected chi connectivity index (χ4v) is 3.02. The fraction of sp³-hybridized carbons (Fsp3) is 0.750. The van der Waals surface area contributed by atoms with E-state index in [4.69, 9.17) is 0 Å². The van der Waals surface area contributed by atoms with Gasteiger partial charge in [-0.25, -0.2) is 9.97 Å². The van der Waals surface area contributed by atoms with Crippen LogP contribution in [0.2, 0.25) is 0 Å². The van der Waals surface area contributed by atoms with E-state index in [-0.39, 0.29) is 0 Å². The molecule has 0 atom stereocenters. The van der Waals surface area contributed by atoms with Gasteiger partial charge in [-0.1, -0.05) is 26.7 Å². The molecule has 0 unspecified atom stereocenters. The molecule has 112 valence electrons. The molecule has 4 heteroatoms. The van der Waals surface area contributed by atoms with Gasteiger partial charge in [0, 0.05) is 25.2 Å². The maximum atomic E-state index is 4.52. The van der Waals surface area contributed by atoms with Gasteiger partial charge in [-0.2, -0.15) is 0 Å². The molecule has 1 aromatic heterocycles. The van der Waals surface area contributed by atoms with Crippen LogP contribution in [-0.4, -0.2) is 29.6 Å². The number of nitrogens with one attached hydrogen (secondary N) is 1. The Labute approximate surface area is 123 Å². The van der Waals surface area contributed by atoms with Crippen LogP contribution in [-0.2, 0) is 0 Å². The number of piperidine rings is 1. The zero-order chi connectivity index (χ0) is 14.4. The highest BCUT2D eigenvalue weighted by Crippen LogP contribution is 2.28. The molecule has 1 N–H and O–H groups in total. The van der Waals surface area contributed by atoms with Crippen molar-refractivity contribution in [3.05, 3.63) is 11.9 Å². The van der Waals surface area contributed by atoms with Crippen molar-refractivity contribution in [1.29, 1.82) is 0 Å². The zero-order valence-electron chi connectivity index (χ0n) is 13.2. The van der Waals surface area contributed by atoms with Crippen molar-refractivity contribution in [3.63, 3.8) is 0 Å². The average Bonchev–Trinajstić information content (AvgIpc) is 2.48. The molecule has 4 nitrogen and oxygen atoms in total. The van der Waals surface area contributed by atoms with E-state index in [1.165, 1.54) is 31.2 Å². The third-order valence-corrected chi connectivity index (χ3v) is 4.21. The minimum Gasteiger partial charge on any atom is -0.370 e. The molecule has 0 aromatic carbocycles. The van der Waals surface area contributed by atoms with Gasteiger partial charge >= 0.3 is 0 Å². The highest BCUT2D eigenvalue weighted by atomic mass is 15.2. The summed E-state index contributed by atoms with van der Waals surface area (Å²) in [5.41, 5.74) is 1.19. The summed E-state index contributed by atoms with van der Waals surface area (Å²) >= 11 is 0. The molecule has 0 amide bonds. The molecule has 0 spiro atoms. The van der Waals surface area contributed by atoms with Crippen LogP contribution in [0.3, 0.4) is 0 Å². The van der Waals surface area contributed by atoms with Gasteiger partial charge in [-0.15, -0.1) is 0 Å². The standard InChI is InChI=1S/C16H28N4/c1-4-6-14-7-10-20(11-8-14)16-13(3)15(17-9-5-2)18-12-19-16/h12,14H,4-11H2,1-3H3,(H,17,18,19). The summed E-state index contributed by atoms with van der Waals surface area (Å²) < 4.78 is 0. The van der Waals surface area contributed by atoms with Crippen molar-refractivity contribution < 1.29 is 0 Å². The van der Waals surface area contributed by atoms with Crippen LogP contribution < -0.4 is 10.2 Å². The maximum Gasteiger partial charge on any atom is 0.137 e. The third-order valence-electron chi connectivity index (χ3n) is 4.21. The Morgan fingerprint density at radius 1 is 1.20 bits per heavy atom. The highest BCUT2D eigenvalue weighted by molar-refractivity contribution is 5.58. The molecule has 1 saturated heterocycles. The lowest BCUT2D eigenvalue weighted by molar-refractivity contribution is 0.377. The van der Waals surface area contributed by atoms with Gasteiger partial charge in [0.1, 0.15) is 18.0 Å². The molecule has 1 aliphatic heterocycles. The van der Waals surface area contributed by atoms with Crippen LogP contribution in [0, 0.1) is 12.8 Å². The second kappa shape index (κ2) is 7.46. The molecule has 0 bridgehead atoms. The molecule has 1 aliphatic rings. The van der Waals surface area contributed by atoms with Crippen LogP contribution in [0.1, 0.15) is 51.5 Å². The Balaban J connectivity index is 2.02. The topological polar surface area (TPSA) is 41.1 Å². The average molecular weight is 276 g/mol. The van der Waals surface area contributed by atoms with Crippen molar-refractivity contribution in [2.24, 2.45) is 5.92 Å². The third kappa shape index (κ3) is 3.62. The van der Waals surface area contributed by atoms with Gasteiger partial charge in [0.05, 0.1) is 0 Å². The van der Waals surface area contributed by atoms with Crippen molar-refractivity contribution in [2.45, 2.75) is 52.9 Å². The van der Waals surface area contributed by atoms with E-state index in [9.17, 15) is 0 Å². The van der Waals surface area contributed by atoms with Gasteiger partial charge in [0.25, 0.3) is 0 Å². The first-order chi connectivity index (χ1) is 9.76. The molecule has 1 fully saturated rings. The number of hydrogen-bond acceptors (Lipinski definition) is 4. The summed E-state index contributed by atoms with van der Waals surface area (Å²) in [4.78, 5) is 11.3. The van der Waals surface area contributed by atoms with Crippen molar-refractivity contribution in [3.8, 4) is 0 Å². The van der Waals surface area contributed by atoms with Crippen molar-refractivity contribution >= 4 is 11.6 Å². The summed E-state index contributed by atoms with van der Waals surface area (Å²) in [6.45, 7) is 9.82. The van der Waals surface area contributed by atoms with E-state index in [0.717, 1.165) is 43.6 Å². The van der Waals surface area contributed by atoms with E-state index >= 15 is 0 Å². The van der Waals surface area contributed by atoms with E-state index in [0.29, 0.717) is 0 Å². The van der Waals surface area contributed by atoms with Gasteiger partial charge in [-0.3, -0.25) is 0 Å². The fourth-order valence-electron chi connectivity index (χ4n) is 3.02. The van der Waals surface area contributed by atoms with E-state index in [1.54, 1.807) is 6.33 Å². The Hall–Kier alpha value is -1.32. The lowest BCUT2D eigenvalue weighted by atomic mass is 9.92. The Morgan fingerprint density at radius 3 is 2.60 bits per heavy atom. The van der Waals surface area contributed by atoms with Crippen molar-refractivity contribution in [2.75, 3.05) is 29.9 Å². The first kappa shape index (κ1) is 15.1. The number of rotatable bonds is 6. The number of hydrogen-bond donors (Lipinski definition) is 1. The van der Waals surface area contributed by atoms with Crippen LogP contribution in [0.15, 0.2) is 6.33 Å². The highest BCUT2D eigenvalue weighted by Gasteiger charge is 2.21. The molecule has 20 heavy (non-hydrogen) atoms.